The van der Waals surface area contributed by atoms with Crippen molar-refractivity contribution in [3.63, 3.8) is 0 Å². The molecule has 1 aromatic rings. The van der Waals surface area contributed by atoms with Gasteiger partial charge in [-0.3, -0.25) is 0 Å². The Morgan fingerprint density at radius 3 is 2.67 bits per heavy atom. The Morgan fingerprint density at radius 2 is 2.13 bits per heavy atom. The maximum atomic E-state index is 11.3. The normalized spacial score (nSPS) is 9.80. The van der Waals surface area contributed by atoms with Gasteiger partial charge in [0.2, 0.25) is 0 Å². The molecule has 0 aliphatic heterocycles. The molecule has 15 heavy (non-hydrogen) atoms. The fourth-order valence-corrected chi connectivity index (χ4v) is 2.00. The molecule has 0 aliphatic rings. The van der Waals surface area contributed by atoms with E-state index in [2.05, 4.69) is 11.7 Å². The minimum Gasteiger partial charge on any atom is -0.496 e. The van der Waals surface area contributed by atoms with E-state index >= 15 is 0 Å². The van der Waals surface area contributed by atoms with Crippen LogP contribution in [0.15, 0.2) is 23.1 Å². The van der Waals surface area contributed by atoms with Gasteiger partial charge in [0, 0.05) is 0 Å². The van der Waals surface area contributed by atoms with Gasteiger partial charge in [0.25, 0.3) is 0 Å². The molecule has 0 radical (unpaired) electrons. The van der Waals surface area contributed by atoms with Gasteiger partial charge in [-0.2, -0.15) is 0 Å². The van der Waals surface area contributed by atoms with Crippen molar-refractivity contribution < 1.29 is 14.3 Å². The van der Waals surface area contributed by atoms with E-state index in [0.717, 1.165) is 16.4 Å². The standard InChI is InChI=1S/C11H14O3S/c1-4-15-10-7-8(11(12)14-3)5-6-9(10)13-2/h5-7H,4H2,1-3H3. The zero-order valence-corrected chi connectivity index (χ0v) is 9.89. The van der Waals surface area contributed by atoms with Crippen molar-refractivity contribution in [3.8, 4) is 5.75 Å². The summed E-state index contributed by atoms with van der Waals surface area (Å²) >= 11 is 1.64. The highest BCUT2D eigenvalue weighted by atomic mass is 32.2. The molecular weight excluding hydrogens is 212 g/mol. The van der Waals surface area contributed by atoms with Crippen molar-refractivity contribution in [1.82, 2.24) is 0 Å². The van der Waals surface area contributed by atoms with Gasteiger partial charge in [-0.05, 0) is 24.0 Å². The Morgan fingerprint density at radius 1 is 1.40 bits per heavy atom. The third-order valence-electron chi connectivity index (χ3n) is 1.88. The lowest BCUT2D eigenvalue weighted by atomic mass is 10.2. The predicted octanol–water partition coefficient (Wildman–Crippen LogP) is 2.59. The largest absolute Gasteiger partial charge is 0.496 e. The second-order valence-corrected chi connectivity index (χ2v) is 4.10. The number of esters is 1. The van der Waals surface area contributed by atoms with E-state index in [-0.39, 0.29) is 5.97 Å². The molecule has 0 unspecified atom stereocenters. The number of carbonyl (C=O) groups excluding carboxylic acids is 1. The van der Waals surface area contributed by atoms with Crippen LogP contribution in [0, 0.1) is 0 Å². The molecular formula is C11H14O3S. The molecule has 0 heterocycles. The Bertz CT molecular complexity index is 350. The minimum atomic E-state index is -0.324. The van der Waals surface area contributed by atoms with Crippen molar-refractivity contribution in [2.24, 2.45) is 0 Å². The highest BCUT2D eigenvalue weighted by Gasteiger charge is 2.09. The van der Waals surface area contributed by atoms with Gasteiger partial charge < -0.3 is 9.47 Å². The van der Waals surface area contributed by atoms with Gasteiger partial charge in [-0.25, -0.2) is 4.79 Å². The molecule has 0 aliphatic carbocycles. The number of carbonyl (C=O) groups is 1. The number of hydrogen-bond acceptors (Lipinski definition) is 4. The van der Waals surface area contributed by atoms with Crippen LogP contribution in [0.5, 0.6) is 5.75 Å². The molecule has 1 rings (SSSR count). The highest BCUT2D eigenvalue weighted by molar-refractivity contribution is 7.99. The van der Waals surface area contributed by atoms with Crippen molar-refractivity contribution in [2.75, 3.05) is 20.0 Å². The summed E-state index contributed by atoms with van der Waals surface area (Å²) in [4.78, 5) is 12.3. The molecule has 0 atom stereocenters. The quantitative estimate of drug-likeness (QED) is 0.584. The lowest BCUT2D eigenvalue weighted by Crippen LogP contribution is -2.01. The van der Waals surface area contributed by atoms with Crippen LogP contribution in [0.4, 0.5) is 0 Å². The van der Waals surface area contributed by atoms with Crippen molar-refractivity contribution in [2.45, 2.75) is 11.8 Å². The van der Waals surface area contributed by atoms with Gasteiger partial charge in [0.1, 0.15) is 5.75 Å². The van der Waals surface area contributed by atoms with Gasteiger partial charge in [0.05, 0.1) is 24.7 Å². The average Bonchev–Trinajstić information content (AvgIpc) is 2.28. The Labute approximate surface area is 93.8 Å². The smallest absolute Gasteiger partial charge is 0.337 e. The Hall–Kier alpha value is -1.16. The summed E-state index contributed by atoms with van der Waals surface area (Å²) in [5.74, 6) is 1.39. The Kier molecular flexibility index (Phi) is 4.49. The van der Waals surface area contributed by atoms with Crippen LogP contribution in [0.1, 0.15) is 17.3 Å². The highest BCUT2D eigenvalue weighted by Crippen LogP contribution is 2.30. The predicted molar refractivity (Wildman–Crippen MR) is 60.7 cm³/mol. The average molecular weight is 226 g/mol. The first-order chi connectivity index (χ1) is 7.22. The van der Waals surface area contributed by atoms with Crippen LogP contribution >= 0.6 is 11.8 Å². The monoisotopic (exact) mass is 226 g/mol. The lowest BCUT2D eigenvalue weighted by Gasteiger charge is -2.08. The number of benzene rings is 1. The summed E-state index contributed by atoms with van der Waals surface area (Å²) in [5, 5.41) is 0. The topological polar surface area (TPSA) is 35.5 Å². The molecule has 0 fully saturated rings. The molecule has 82 valence electrons. The second kappa shape index (κ2) is 5.66. The van der Waals surface area contributed by atoms with Gasteiger partial charge in [-0.15, -0.1) is 11.8 Å². The van der Waals surface area contributed by atoms with Crippen LogP contribution in [-0.2, 0) is 4.74 Å². The van der Waals surface area contributed by atoms with E-state index in [9.17, 15) is 4.79 Å². The van der Waals surface area contributed by atoms with E-state index in [1.807, 2.05) is 0 Å². The molecule has 0 N–H and O–H groups in total. The SMILES string of the molecule is CCSc1cc(C(=O)OC)ccc1OC. The number of hydrogen-bond donors (Lipinski definition) is 0. The van der Waals surface area contributed by atoms with Crippen LogP contribution in [0.3, 0.4) is 0 Å². The summed E-state index contributed by atoms with van der Waals surface area (Å²) in [6.07, 6.45) is 0. The summed E-state index contributed by atoms with van der Waals surface area (Å²) in [5.41, 5.74) is 0.550. The third-order valence-corrected chi connectivity index (χ3v) is 2.80. The van der Waals surface area contributed by atoms with E-state index in [0.29, 0.717) is 5.56 Å². The third kappa shape index (κ3) is 2.89. The molecule has 3 nitrogen and oxygen atoms in total. The fraction of sp³-hybridized carbons (Fsp3) is 0.364. The zero-order chi connectivity index (χ0) is 11.3. The molecule has 1 aromatic carbocycles. The summed E-state index contributed by atoms with van der Waals surface area (Å²) in [6.45, 7) is 2.05. The van der Waals surface area contributed by atoms with E-state index in [1.54, 1.807) is 37.1 Å². The van der Waals surface area contributed by atoms with Crippen molar-refractivity contribution in [1.29, 1.82) is 0 Å². The molecule has 0 saturated heterocycles. The lowest BCUT2D eigenvalue weighted by molar-refractivity contribution is 0.0600. The van der Waals surface area contributed by atoms with Crippen LogP contribution in [-0.4, -0.2) is 25.9 Å². The van der Waals surface area contributed by atoms with Crippen molar-refractivity contribution in [3.05, 3.63) is 23.8 Å². The van der Waals surface area contributed by atoms with Gasteiger partial charge in [-0.1, -0.05) is 6.92 Å². The number of ether oxygens (including phenoxy) is 2. The Balaban J connectivity index is 3.04. The number of methoxy groups -OCH3 is 2. The van der Waals surface area contributed by atoms with Gasteiger partial charge >= 0.3 is 5.97 Å². The van der Waals surface area contributed by atoms with E-state index in [4.69, 9.17) is 4.74 Å². The molecule has 0 aromatic heterocycles. The molecule has 0 saturated carbocycles. The summed E-state index contributed by atoms with van der Waals surface area (Å²) in [6, 6.07) is 5.27. The first kappa shape index (κ1) is 11.9. The summed E-state index contributed by atoms with van der Waals surface area (Å²) in [7, 11) is 2.99. The van der Waals surface area contributed by atoms with E-state index < -0.39 is 0 Å². The number of rotatable bonds is 4. The maximum Gasteiger partial charge on any atom is 0.337 e. The van der Waals surface area contributed by atoms with Crippen LogP contribution < -0.4 is 4.74 Å². The fourth-order valence-electron chi connectivity index (χ4n) is 1.19. The van der Waals surface area contributed by atoms with Crippen LogP contribution in [0.25, 0.3) is 0 Å². The minimum absolute atomic E-state index is 0.324. The second-order valence-electron chi connectivity index (χ2n) is 2.79. The molecule has 0 bridgehead atoms. The zero-order valence-electron chi connectivity index (χ0n) is 9.07. The molecule has 4 heteroatoms. The molecule has 0 spiro atoms. The van der Waals surface area contributed by atoms with Crippen LogP contribution in [0.2, 0.25) is 0 Å². The van der Waals surface area contributed by atoms with Crippen molar-refractivity contribution >= 4 is 17.7 Å². The maximum absolute atomic E-state index is 11.3. The summed E-state index contributed by atoms with van der Waals surface area (Å²) < 4.78 is 9.85. The number of thioether (sulfide) groups is 1. The van der Waals surface area contributed by atoms with E-state index in [1.165, 1.54) is 7.11 Å². The molecule has 0 amide bonds. The first-order valence-corrected chi connectivity index (χ1v) is 5.60. The van der Waals surface area contributed by atoms with Gasteiger partial charge in [0.15, 0.2) is 0 Å². The first-order valence-electron chi connectivity index (χ1n) is 4.62.